The first-order chi connectivity index (χ1) is 8.50. The number of carboxylic acid groups (broad SMARTS) is 1. The summed E-state index contributed by atoms with van der Waals surface area (Å²) in [7, 11) is -7.70. The number of nitrogens with zero attached hydrogens (tertiary/aromatic N) is 1. The van der Waals surface area contributed by atoms with Crippen LogP contribution in [0, 0.1) is 0 Å². The number of sulfone groups is 1. The maximum absolute atomic E-state index is 11.5. The van der Waals surface area contributed by atoms with Crippen molar-refractivity contribution in [3.8, 4) is 0 Å². The molecule has 0 radical (unpaired) electrons. The number of aromatic nitrogens is 1. The van der Waals surface area contributed by atoms with Gasteiger partial charge in [-0.05, 0) is 6.92 Å². The van der Waals surface area contributed by atoms with E-state index in [4.69, 9.17) is 5.11 Å². The molecule has 0 aromatic carbocycles. The average molecular weight is 328 g/mol. The summed E-state index contributed by atoms with van der Waals surface area (Å²) in [6.45, 7) is 1.45. The molecule has 1 atom stereocenters. The Kier molecular flexibility index (Phi) is 4.66. The predicted octanol–water partition coefficient (Wildman–Crippen LogP) is -0.176. The molecule has 0 aliphatic carbocycles. The van der Waals surface area contributed by atoms with Crippen LogP contribution in [0.2, 0.25) is 0 Å². The zero-order valence-corrected chi connectivity index (χ0v) is 12.5. The van der Waals surface area contributed by atoms with E-state index >= 15 is 0 Å². The molecule has 0 saturated heterocycles. The third-order valence-electron chi connectivity index (χ3n) is 1.84. The van der Waals surface area contributed by atoms with Crippen molar-refractivity contribution in [2.24, 2.45) is 0 Å². The van der Waals surface area contributed by atoms with Gasteiger partial charge >= 0.3 is 5.97 Å². The van der Waals surface area contributed by atoms with Crippen LogP contribution in [0.15, 0.2) is 5.38 Å². The Morgan fingerprint density at radius 3 is 2.47 bits per heavy atom. The number of hydrogen-bond acceptors (Lipinski definition) is 7. The third kappa shape index (κ3) is 5.22. The van der Waals surface area contributed by atoms with Gasteiger partial charge in [-0.25, -0.2) is 31.3 Å². The Morgan fingerprint density at radius 1 is 1.47 bits per heavy atom. The molecule has 1 aromatic rings. The largest absolute Gasteiger partial charge is 0.476 e. The first-order valence-electron chi connectivity index (χ1n) is 4.86. The third-order valence-corrected chi connectivity index (χ3v) is 6.53. The van der Waals surface area contributed by atoms with E-state index in [1.165, 1.54) is 12.3 Å². The maximum atomic E-state index is 11.5. The summed E-state index contributed by atoms with van der Waals surface area (Å²) in [5.41, 5.74) is -0.186. The number of thiazole rings is 1. The van der Waals surface area contributed by atoms with Gasteiger partial charge < -0.3 is 5.11 Å². The van der Waals surface area contributed by atoms with Crippen molar-refractivity contribution < 1.29 is 26.7 Å². The summed E-state index contributed by atoms with van der Waals surface area (Å²) in [5.74, 6) is -1.21. The number of nitrogens with one attached hydrogen (secondary N) is 1. The van der Waals surface area contributed by atoms with Crippen LogP contribution in [-0.4, -0.2) is 44.2 Å². The van der Waals surface area contributed by atoms with Gasteiger partial charge in [-0.2, -0.15) is 0 Å². The van der Waals surface area contributed by atoms with Crippen LogP contribution in [0.3, 0.4) is 0 Å². The molecule has 1 rings (SSSR count). The highest BCUT2D eigenvalue weighted by Crippen LogP contribution is 2.18. The lowest BCUT2D eigenvalue weighted by Gasteiger charge is -2.10. The molecule has 0 bridgehead atoms. The van der Waals surface area contributed by atoms with Crippen LogP contribution < -0.4 is 4.72 Å². The molecular formula is C8H12N2O6S3. The smallest absolute Gasteiger partial charge is 0.355 e. The summed E-state index contributed by atoms with van der Waals surface area (Å²) in [4.78, 5) is 14.4. The van der Waals surface area contributed by atoms with Gasteiger partial charge in [0, 0.05) is 11.6 Å². The summed E-state index contributed by atoms with van der Waals surface area (Å²) >= 11 is 0.976. The van der Waals surface area contributed by atoms with E-state index in [-0.39, 0.29) is 10.7 Å². The summed E-state index contributed by atoms with van der Waals surface area (Å²) in [6, 6.07) is -0.801. The highest BCUT2D eigenvalue weighted by Gasteiger charge is 2.23. The van der Waals surface area contributed by atoms with Gasteiger partial charge in [0.25, 0.3) is 0 Å². The molecule has 0 saturated carbocycles. The summed E-state index contributed by atoms with van der Waals surface area (Å²) in [5, 5.41) is 9.19. The minimum absolute atomic E-state index is 0.186. The van der Waals surface area contributed by atoms with Crippen LogP contribution in [0.1, 0.15) is 28.5 Å². The lowest BCUT2D eigenvalue weighted by molar-refractivity contribution is 0.0691. The van der Waals surface area contributed by atoms with Gasteiger partial charge in [-0.15, -0.1) is 11.3 Å². The fourth-order valence-electron chi connectivity index (χ4n) is 1.22. The number of rotatable bonds is 6. The van der Waals surface area contributed by atoms with E-state index in [0.29, 0.717) is 0 Å². The van der Waals surface area contributed by atoms with Gasteiger partial charge in [0.05, 0.1) is 6.04 Å². The van der Waals surface area contributed by atoms with Crippen LogP contribution in [-0.2, 0) is 19.9 Å². The second-order valence-electron chi connectivity index (χ2n) is 3.87. The zero-order chi connectivity index (χ0) is 14.8. The molecule has 19 heavy (non-hydrogen) atoms. The second kappa shape index (κ2) is 5.53. The van der Waals surface area contributed by atoms with E-state index in [1.54, 1.807) is 0 Å². The molecule has 0 spiro atoms. The van der Waals surface area contributed by atoms with Crippen molar-refractivity contribution in [2.75, 3.05) is 11.3 Å². The van der Waals surface area contributed by atoms with Crippen molar-refractivity contribution in [1.29, 1.82) is 0 Å². The standard InChI is InChI=1S/C8H12N2O6S3/c1-5(7-9-6(3-17-7)8(11)12)10-19(15,16)4-18(2,13)14/h3,5,10H,4H2,1-2H3,(H,11,12). The molecule has 11 heteroatoms. The van der Waals surface area contributed by atoms with Crippen LogP contribution in [0.5, 0.6) is 0 Å². The molecular weight excluding hydrogens is 316 g/mol. The number of carbonyl (C=O) groups is 1. The van der Waals surface area contributed by atoms with Crippen LogP contribution in [0.25, 0.3) is 0 Å². The molecule has 0 aliphatic rings. The lowest BCUT2D eigenvalue weighted by Crippen LogP contribution is -2.31. The monoisotopic (exact) mass is 328 g/mol. The second-order valence-corrected chi connectivity index (χ2v) is 9.02. The van der Waals surface area contributed by atoms with E-state index in [0.717, 1.165) is 17.6 Å². The summed E-state index contributed by atoms with van der Waals surface area (Å²) < 4.78 is 47.1. The number of carboxylic acids is 1. The minimum atomic E-state index is -4.02. The van der Waals surface area contributed by atoms with Gasteiger partial charge in [-0.3, -0.25) is 0 Å². The van der Waals surface area contributed by atoms with Crippen molar-refractivity contribution in [3.63, 3.8) is 0 Å². The van der Waals surface area contributed by atoms with Gasteiger partial charge in [-0.1, -0.05) is 0 Å². The quantitative estimate of drug-likeness (QED) is 0.741. The molecule has 108 valence electrons. The van der Waals surface area contributed by atoms with Crippen molar-refractivity contribution in [3.05, 3.63) is 16.1 Å². The molecule has 1 aromatic heterocycles. The number of aromatic carboxylic acids is 1. The van der Waals surface area contributed by atoms with Crippen molar-refractivity contribution in [1.82, 2.24) is 9.71 Å². The number of hydrogen-bond donors (Lipinski definition) is 2. The van der Waals surface area contributed by atoms with Gasteiger partial charge in [0.2, 0.25) is 10.0 Å². The molecule has 2 N–H and O–H groups in total. The first kappa shape index (κ1) is 16.0. The Hall–Kier alpha value is -1.04. The fourth-order valence-corrected chi connectivity index (χ4v) is 5.27. The predicted molar refractivity (Wildman–Crippen MR) is 69.3 cm³/mol. The Labute approximate surface area is 114 Å². The molecule has 8 nitrogen and oxygen atoms in total. The molecule has 0 fully saturated rings. The Balaban J connectivity index is 2.84. The van der Waals surface area contributed by atoms with E-state index < -0.39 is 37.0 Å². The highest BCUT2D eigenvalue weighted by molar-refractivity contribution is 8.06. The zero-order valence-electron chi connectivity index (χ0n) is 10.0. The fraction of sp³-hybridized carbons (Fsp3) is 0.500. The minimum Gasteiger partial charge on any atom is -0.476 e. The van der Waals surface area contributed by atoms with E-state index in [9.17, 15) is 21.6 Å². The molecule has 1 unspecified atom stereocenters. The maximum Gasteiger partial charge on any atom is 0.355 e. The highest BCUT2D eigenvalue weighted by atomic mass is 32.3. The van der Waals surface area contributed by atoms with E-state index in [2.05, 4.69) is 9.71 Å². The van der Waals surface area contributed by atoms with Gasteiger partial charge in [0.15, 0.2) is 20.6 Å². The van der Waals surface area contributed by atoms with E-state index in [1.807, 2.05) is 0 Å². The first-order valence-corrected chi connectivity index (χ1v) is 9.46. The van der Waals surface area contributed by atoms with Crippen molar-refractivity contribution >= 4 is 37.2 Å². The Bertz CT molecular complexity index is 675. The van der Waals surface area contributed by atoms with Gasteiger partial charge in [0.1, 0.15) is 5.01 Å². The van der Waals surface area contributed by atoms with Crippen molar-refractivity contribution in [2.45, 2.75) is 13.0 Å². The lowest BCUT2D eigenvalue weighted by atomic mass is 10.4. The van der Waals surface area contributed by atoms with Crippen LogP contribution >= 0.6 is 11.3 Å². The average Bonchev–Trinajstić information content (AvgIpc) is 2.60. The topological polar surface area (TPSA) is 130 Å². The Morgan fingerprint density at radius 2 is 2.05 bits per heavy atom. The normalized spacial score (nSPS) is 14.2. The summed E-state index contributed by atoms with van der Waals surface area (Å²) in [6.07, 6.45) is 0.808. The molecule has 0 aliphatic heterocycles. The molecule has 1 heterocycles. The van der Waals surface area contributed by atoms with Crippen LogP contribution in [0.4, 0.5) is 0 Å². The molecule has 0 amide bonds. The SMILES string of the molecule is CC(NS(=O)(=O)CS(C)(=O)=O)c1nc(C(=O)O)cs1. The number of sulfonamides is 1.